The maximum Gasteiger partial charge on any atom is 0.261 e. The number of benzene rings is 1. The molecule has 0 aliphatic heterocycles. The van der Waals surface area contributed by atoms with Crippen LogP contribution in [0.1, 0.15) is 18.4 Å². The van der Waals surface area contributed by atoms with E-state index in [9.17, 15) is 8.42 Å². The van der Waals surface area contributed by atoms with Gasteiger partial charge in [0.2, 0.25) is 0 Å². The van der Waals surface area contributed by atoms with Crippen LogP contribution in [0.2, 0.25) is 0 Å². The molecule has 1 aromatic carbocycles. The van der Waals surface area contributed by atoms with Gasteiger partial charge in [-0.15, -0.1) is 0 Å². The molecule has 88 valence electrons. The van der Waals surface area contributed by atoms with Crippen molar-refractivity contribution in [2.45, 2.75) is 24.3 Å². The van der Waals surface area contributed by atoms with Gasteiger partial charge in [0.1, 0.15) is 0 Å². The van der Waals surface area contributed by atoms with E-state index in [0.29, 0.717) is 12.5 Å². The number of hydrogen-bond acceptors (Lipinski definition) is 3. The first-order valence-corrected chi connectivity index (χ1v) is 7.48. The molecule has 1 fully saturated rings. The van der Waals surface area contributed by atoms with Crippen LogP contribution >= 0.6 is 10.7 Å². The number of hydrogen-bond donors (Lipinski definition) is 0. The fourth-order valence-electron chi connectivity index (χ4n) is 1.41. The normalized spacial score (nSPS) is 16.3. The van der Waals surface area contributed by atoms with Crippen LogP contribution in [0.4, 0.5) is 0 Å². The Labute approximate surface area is 99.8 Å². The lowest BCUT2D eigenvalue weighted by Crippen LogP contribution is -1.98. The zero-order valence-electron chi connectivity index (χ0n) is 8.73. The minimum absolute atomic E-state index is 0.127. The Hall–Kier alpha value is -0.580. The summed E-state index contributed by atoms with van der Waals surface area (Å²) < 4.78 is 27.7. The predicted molar refractivity (Wildman–Crippen MR) is 61.9 cm³/mol. The quantitative estimate of drug-likeness (QED) is 0.764. The summed E-state index contributed by atoms with van der Waals surface area (Å²) in [7, 11) is 1.62. The molecule has 1 saturated carbocycles. The Balaban J connectivity index is 1.98. The zero-order valence-corrected chi connectivity index (χ0v) is 10.3. The van der Waals surface area contributed by atoms with Crippen LogP contribution in [0, 0.1) is 5.92 Å². The van der Waals surface area contributed by atoms with Crippen molar-refractivity contribution in [3.05, 3.63) is 29.8 Å². The van der Waals surface area contributed by atoms with Gasteiger partial charge < -0.3 is 4.74 Å². The number of halogens is 1. The Morgan fingerprint density at radius 1 is 1.38 bits per heavy atom. The van der Waals surface area contributed by atoms with Crippen molar-refractivity contribution in [3.63, 3.8) is 0 Å². The summed E-state index contributed by atoms with van der Waals surface area (Å²) in [4.78, 5) is 0.127. The molecule has 1 aliphatic carbocycles. The standard InChI is InChI=1S/C11H13ClO3S/c12-16(13,14)11-3-1-2-10(6-11)8-15-7-9-4-5-9/h1-3,6,9H,4-5,7-8H2. The van der Waals surface area contributed by atoms with Crippen molar-refractivity contribution in [2.75, 3.05) is 6.61 Å². The van der Waals surface area contributed by atoms with E-state index < -0.39 is 9.05 Å². The third kappa shape index (κ3) is 3.47. The van der Waals surface area contributed by atoms with E-state index in [-0.39, 0.29) is 4.90 Å². The highest BCUT2D eigenvalue weighted by atomic mass is 35.7. The van der Waals surface area contributed by atoms with E-state index >= 15 is 0 Å². The zero-order chi connectivity index (χ0) is 11.6. The van der Waals surface area contributed by atoms with Gasteiger partial charge in [-0.05, 0) is 36.5 Å². The molecule has 2 rings (SSSR count). The summed E-state index contributed by atoms with van der Waals surface area (Å²) >= 11 is 0. The van der Waals surface area contributed by atoms with Crippen LogP contribution in [0.25, 0.3) is 0 Å². The second-order valence-corrected chi connectivity index (χ2v) is 6.61. The third-order valence-electron chi connectivity index (χ3n) is 2.50. The van der Waals surface area contributed by atoms with Crippen molar-refractivity contribution in [1.29, 1.82) is 0 Å². The van der Waals surface area contributed by atoms with Crippen molar-refractivity contribution in [3.8, 4) is 0 Å². The molecule has 0 aromatic heterocycles. The third-order valence-corrected chi connectivity index (χ3v) is 3.85. The average Bonchev–Trinajstić information content (AvgIpc) is 3.01. The minimum Gasteiger partial charge on any atom is -0.376 e. The van der Waals surface area contributed by atoms with Gasteiger partial charge in [-0.1, -0.05) is 12.1 Å². The van der Waals surface area contributed by atoms with Crippen molar-refractivity contribution < 1.29 is 13.2 Å². The molecule has 0 bridgehead atoms. The van der Waals surface area contributed by atoms with E-state index in [1.54, 1.807) is 12.1 Å². The van der Waals surface area contributed by atoms with E-state index in [1.807, 2.05) is 6.07 Å². The summed E-state index contributed by atoms with van der Waals surface area (Å²) in [5.41, 5.74) is 0.836. The van der Waals surface area contributed by atoms with Gasteiger partial charge in [-0.3, -0.25) is 0 Å². The molecule has 0 spiro atoms. The summed E-state index contributed by atoms with van der Waals surface area (Å²) in [5, 5.41) is 0. The smallest absolute Gasteiger partial charge is 0.261 e. The Morgan fingerprint density at radius 3 is 2.75 bits per heavy atom. The van der Waals surface area contributed by atoms with E-state index in [4.69, 9.17) is 15.4 Å². The molecule has 0 atom stereocenters. The molecule has 0 saturated heterocycles. The highest BCUT2D eigenvalue weighted by Crippen LogP contribution is 2.29. The summed E-state index contributed by atoms with van der Waals surface area (Å²) in [6, 6.07) is 6.53. The molecule has 0 N–H and O–H groups in total. The molecule has 0 heterocycles. The van der Waals surface area contributed by atoms with Gasteiger partial charge in [0.25, 0.3) is 9.05 Å². The monoisotopic (exact) mass is 260 g/mol. The van der Waals surface area contributed by atoms with Gasteiger partial charge in [-0.25, -0.2) is 8.42 Å². The highest BCUT2D eigenvalue weighted by molar-refractivity contribution is 8.13. The Kier molecular flexibility index (Phi) is 3.52. The number of rotatable bonds is 5. The van der Waals surface area contributed by atoms with Crippen LogP contribution in [0.3, 0.4) is 0 Å². The van der Waals surface area contributed by atoms with Gasteiger partial charge >= 0.3 is 0 Å². The average molecular weight is 261 g/mol. The van der Waals surface area contributed by atoms with Gasteiger partial charge in [0.05, 0.1) is 11.5 Å². The van der Waals surface area contributed by atoms with Crippen molar-refractivity contribution in [2.24, 2.45) is 5.92 Å². The SMILES string of the molecule is O=S(=O)(Cl)c1cccc(COCC2CC2)c1. The van der Waals surface area contributed by atoms with E-state index in [0.717, 1.165) is 12.2 Å². The van der Waals surface area contributed by atoms with Crippen LogP contribution in [0.5, 0.6) is 0 Å². The van der Waals surface area contributed by atoms with Gasteiger partial charge in [0, 0.05) is 17.3 Å². The fourth-order valence-corrected chi connectivity index (χ4v) is 2.24. The maximum atomic E-state index is 11.1. The molecular formula is C11H13ClO3S. The predicted octanol–water partition coefficient (Wildman–Crippen LogP) is 2.54. The molecule has 5 heteroatoms. The first-order valence-electron chi connectivity index (χ1n) is 5.17. The topological polar surface area (TPSA) is 43.4 Å². The van der Waals surface area contributed by atoms with Crippen LogP contribution < -0.4 is 0 Å². The first-order chi connectivity index (χ1) is 7.55. The molecule has 0 amide bonds. The maximum absolute atomic E-state index is 11.1. The molecule has 1 aliphatic rings. The Morgan fingerprint density at radius 2 is 2.12 bits per heavy atom. The fraction of sp³-hybridized carbons (Fsp3) is 0.455. The van der Waals surface area contributed by atoms with Gasteiger partial charge in [0.15, 0.2) is 0 Å². The van der Waals surface area contributed by atoms with E-state index in [2.05, 4.69) is 0 Å². The number of ether oxygens (including phenoxy) is 1. The molecule has 16 heavy (non-hydrogen) atoms. The molecule has 0 radical (unpaired) electrons. The largest absolute Gasteiger partial charge is 0.376 e. The van der Waals surface area contributed by atoms with Crippen LogP contribution in [-0.4, -0.2) is 15.0 Å². The summed E-state index contributed by atoms with van der Waals surface area (Å²) in [6.07, 6.45) is 2.49. The van der Waals surface area contributed by atoms with Crippen LogP contribution in [-0.2, 0) is 20.4 Å². The van der Waals surface area contributed by atoms with Gasteiger partial charge in [-0.2, -0.15) is 0 Å². The lowest BCUT2D eigenvalue weighted by Gasteiger charge is -2.04. The van der Waals surface area contributed by atoms with Crippen molar-refractivity contribution in [1.82, 2.24) is 0 Å². The van der Waals surface area contributed by atoms with Crippen LogP contribution in [0.15, 0.2) is 29.2 Å². The molecule has 1 aromatic rings. The second kappa shape index (κ2) is 4.73. The molecular weight excluding hydrogens is 248 g/mol. The second-order valence-electron chi connectivity index (χ2n) is 4.04. The summed E-state index contributed by atoms with van der Waals surface area (Å²) in [5.74, 6) is 0.708. The minimum atomic E-state index is -3.64. The highest BCUT2D eigenvalue weighted by Gasteiger charge is 2.21. The lowest BCUT2D eigenvalue weighted by atomic mass is 10.2. The Bertz CT molecular complexity index is 466. The summed E-state index contributed by atoms with van der Waals surface area (Å²) in [6.45, 7) is 1.20. The molecule has 3 nitrogen and oxygen atoms in total. The lowest BCUT2D eigenvalue weighted by molar-refractivity contribution is 0.111. The van der Waals surface area contributed by atoms with E-state index in [1.165, 1.54) is 18.9 Å². The molecule has 0 unspecified atom stereocenters. The first kappa shape index (κ1) is 11.9. The van der Waals surface area contributed by atoms with Crippen molar-refractivity contribution >= 4 is 19.7 Å².